The van der Waals surface area contributed by atoms with Gasteiger partial charge in [0.15, 0.2) is 0 Å². The lowest BCUT2D eigenvalue weighted by Gasteiger charge is -2.32. The third-order valence-electron chi connectivity index (χ3n) is 2.97. The zero-order chi connectivity index (χ0) is 9.84. The zero-order valence-corrected chi connectivity index (χ0v) is 8.32. The van der Waals surface area contributed by atoms with Crippen LogP contribution >= 0.6 is 0 Å². The second-order valence-corrected chi connectivity index (χ2v) is 4.03. The van der Waals surface area contributed by atoms with Crippen molar-refractivity contribution in [1.82, 2.24) is 0 Å². The molecule has 1 aliphatic rings. The summed E-state index contributed by atoms with van der Waals surface area (Å²) >= 11 is 0. The van der Waals surface area contributed by atoms with Gasteiger partial charge in [0, 0.05) is 13.5 Å². The average molecular weight is 186 g/mol. The maximum atomic E-state index is 10.5. The van der Waals surface area contributed by atoms with Crippen LogP contribution in [0.4, 0.5) is 0 Å². The van der Waals surface area contributed by atoms with Crippen molar-refractivity contribution in [3.63, 3.8) is 0 Å². The maximum Gasteiger partial charge on any atom is 0.303 e. The number of carboxylic acids is 1. The molecule has 0 aromatic rings. The van der Waals surface area contributed by atoms with Gasteiger partial charge < -0.3 is 9.84 Å². The van der Waals surface area contributed by atoms with Crippen LogP contribution in [0.3, 0.4) is 0 Å². The number of hydrogen-bond acceptors (Lipinski definition) is 2. The lowest BCUT2D eigenvalue weighted by Crippen LogP contribution is -2.29. The van der Waals surface area contributed by atoms with E-state index in [0.717, 1.165) is 19.3 Å². The predicted octanol–water partition coefficient (Wildman–Crippen LogP) is 1.91. The number of hydrogen-bond donors (Lipinski definition) is 1. The molecule has 0 heterocycles. The monoisotopic (exact) mass is 186 g/mol. The Bertz CT molecular complexity index is 179. The first-order chi connectivity index (χ1) is 6.13. The minimum Gasteiger partial charge on any atom is -0.481 e. The van der Waals surface area contributed by atoms with Crippen LogP contribution in [0.2, 0.25) is 0 Å². The van der Waals surface area contributed by atoms with Gasteiger partial charge in [0.2, 0.25) is 0 Å². The predicted molar refractivity (Wildman–Crippen MR) is 49.6 cm³/mol. The van der Waals surface area contributed by atoms with Crippen LogP contribution in [0.5, 0.6) is 0 Å². The van der Waals surface area contributed by atoms with E-state index in [1.807, 2.05) is 0 Å². The molecular formula is C10H18O3. The van der Waals surface area contributed by atoms with Crippen molar-refractivity contribution >= 4 is 5.97 Å². The summed E-state index contributed by atoms with van der Waals surface area (Å²) in [7, 11) is 1.73. The fraction of sp³-hybridized carbons (Fsp3) is 0.900. The van der Waals surface area contributed by atoms with Crippen molar-refractivity contribution < 1.29 is 14.6 Å². The van der Waals surface area contributed by atoms with Gasteiger partial charge >= 0.3 is 5.97 Å². The lowest BCUT2D eigenvalue weighted by atomic mass is 9.79. The second-order valence-electron chi connectivity index (χ2n) is 4.03. The van der Waals surface area contributed by atoms with Crippen molar-refractivity contribution in [2.75, 3.05) is 7.11 Å². The normalized spacial score (nSPS) is 34.5. The fourth-order valence-corrected chi connectivity index (χ4v) is 2.26. The Morgan fingerprint density at radius 3 is 2.69 bits per heavy atom. The first-order valence-corrected chi connectivity index (χ1v) is 4.88. The largest absolute Gasteiger partial charge is 0.481 e. The maximum absolute atomic E-state index is 10.5. The number of methoxy groups -OCH3 is 1. The second kappa shape index (κ2) is 4.61. The number of ether oxygens (including phenoxy) is 1. The molecule has 3 nitrogen and oxygen atoms in total. The Morgan fingerprint density at radius 2 is 2.23 bits per heavy atom. The molecule has 0 aromatic carbocycles. The summed E-state index contributed by atoms with van der Waals surface area (Å²) in [5.74, 6) is 0.190. The first-order valence-electron chi connectivity index (χ1n) is 4.88. The van der Waals surface area contributed by atoms with Crippen LogP contribution < -0.4 is 0 Å². The Morgan fingerprint density at radius 1 is 1.54 bits per heavy atom. The summed E-state index contributed by atoms with van der Waals surface area (Å²) < 4.78 is 5.31. The number of carboxylic acid groups (broad SMARTS) is 1. The van der Waals surface area contributed by atoms with E-state index in [2.05, 4.69) is 6.92 Å². The van der Waals surface area contributed by atoms with Gasteiger partial charge in [0.1, 0.15) is 0 Å². The molecule has 1 rings (SSSR count). The Hall–Kier alpha value is -0.570. The summed E-state index contributed by atoms with van der Waals surface area (Å²) in [4.78, 5) is 10.5. The van der Waals surface area contributed by atoms with Crippen LogP contribution in [-0.4, -0.2) is 24.3 Å². The molecule has 1 saturated carbocycles. The summed E-state index contributed by atoms with van der Waals surface area (Å²) in [6.45, 7) is 2.14. The molecule has 3 heteroatoms. The van der Waals surface area contributed by atoms with Crippen LogP contribution in [-0.2, 0) is 9.53 Å². The van der Waals surface area contributed by atoms with E-state index in [1.54, 1.807) is 7.11 Å². The smallest absolute Gasteiger partial charge is 0.303 e. The van der Waals surface area contributed by atoms with Crippen molar-refractivity contribution in [3.8, 4) is 0 Å². The highest BCUT2D eigenvalue weighted by Crippen LogP contribution is 2.32. The Kier molecular flexibility index (Phi) is 3.72. The Balaban J connectivity index is 2.36. The van der Waals surface area contributed by atoms with E-state index in [1.165, 1.54) is 0 Å². The fourth-order valence-electron chi connectivity index (χ4n) is 2.26. The van der Waals surface area contributed by atoms with Gasteiger partial charge in [0.05, 0.1) is 6.10 Å². The van der Waals surface area contributed by atoms with Gasteiger partial charge in [0.25, 0.3) is 0 Å². The third kappa shape index (κ3) is 2.99. The highest BCUT2D eigenvalue weighted by molar-refractivity contribution is 5.67. The molecule has 0 radical (unpaired) electrons. The summed E-state index contributed by atoms with van der Waals surface area (Å²) in [5, 5.41) is 8.64. The summed E-state index contributed by atoms with van der Waals surface area (Å²) in [6, 6.07) is 0. The van der Waals surface area contributed by atoms with E-state index >= 15 is 0 Å². The van der Waals surface area contributed by atoms with Crippen molar-refractivity contribution in [1.29, 1.82) is 0 Å². The molecule has 0 saturated heterocycles. The van der Waals surface area contributed by atoms with E-state index in [0.29, 0.717) is 24.4 Å². The molecule has 0 bridgehead atoms. The van der Waals surface area contributed by atoms with Crippen LogP contribution in [0.25, 0.3) is 0 Å². The molecule has 3 atom stereocenters. The molecule has 13 heavy (non-hydrogen) atoms. The average Bonchev–Trinajstić information content (AvgIpc) is 2.03. The van der Waals surface area contributed by atoms with Crippen LogP contribution in [0.15, 0.2) is 0 Å². The highest BCUT2D eigenvalue weighted by atomic mass is 16.5. The van der Waals surface area contributed by atoms with Crippen LogP contribution in [0.1, 0.15) is 32.6 Å². The van der Waals surface area contributed by atoms with Crippen molar-refractivity contribution in [3.05, 3.63) is 0 Å². The van der Waals surface area contributed by atoms with Gasteiger partial charge in [-0.15, -0.1) is 0 Å². The minimum atomic E-state index is -0.673. The molecule has 3 unspecified atom stereocenters. The van der Waals surface area contributed by atoms with Crippen molar-refractivity contribution in [2.45, 2.75) is 38.7 Å². The topological polar surface area (TPSA) is 46.5 Å². The highest BCUT2D eigenvalue weighted by Gasteiger charge is 2.28. The third-order valence-corrected chi connectivity index (χ3v) is 2.97. The number of carbonyl (C=O) groups is 1. The zero-order valence-electron chi connectivity index (χ0n) is 8.32. The molecule has 1 N–H and O–H groups in total. The Labute approximate surface area is 79.1 Å². The lowest BCUT2D eigenvalue weighted by molar-refractivity contribution is -0.138. The molecule has 0 spiro atoms. The molecule has 1 fully saturated rings. The minimum absolute atomic E-state index is 0.320. The summed E-state index contributed by atoms with van der Waals surface area (Å²) in [5.41, 5.74) is 0. The van der Waals surface area contributed by atoms with Gasteiger partial charge in [-0.05, 0) is 31.1 Å². The quantitative estimate of drug-likeness (QED) is 0.732. The van der Waals surface area contributed by atoms with Gasteiger partial charge in [-0.25, -0.2) is 0 Å². The van der Waals surface area contributed by atoms with Gasteiger partial charge in [-0.1, -0.05) is 6.92 Å². The summed E-state index contributed by atoms with van der Waals surface area (Å²) in [6.07, 6.45) is 3.65. The molecule has 1 aliphatic carbocycles. The molecule has 76 valence electrons. The van der Waals surface area contributed by atoms with E-state index in [9.17, 15) is 4.79 Å². The molecular weight excluding hydrogens is 168 g/mol. The number of aliphatic carboxylic acids is 1. The van der Waals surface area contributed by atoms with Crippen molar-refractivity contribution in [2.24, 2.45) is 11.8 Å². The van der Waals surface area contributed by atoms with E-state index in [-0.39, 0.29) is 0 Å². The first kappa shape index (κ1) is 10.5. The standard InChI is InChI=1S/C10H18O3/c1-7-5-8(6-10(11)12)3-4-9(7)13-2/h7-9H,3-6H2,1-2H3,(H,11,12). The SMILES string of the molecule is COC1CCC(CC(=O)O)CC1C. The van der Waals surface area contributed by atoms with Crippen LogP contribution in [0, 0.1) is 11.8 Å². The molecule has 0 aromatic heterocycles. The van der Waals surface area contributed by atoms with Gasteiger partial charge in [-0.3, -0.25) is 4.79 Å². The molecule has 0 aliphatic heterocycles. The number of rotatable bonds is 3. The van der Waals surface area contributed by atoms with E-state index < -0.39 is 5.97 Å². The van der Waals surface area contributed by atoms with Gasteiger partial charge in [-0.2, -0.15) is 0 Å². The van der Waals surface area contributed by atoms with E-state index in [4.69, 9.17) is 9.84 Å². The molecule has 0 amide bonds.